The average Bonchev–Trinajstić information content (AvgIpc) is 3.13. The summed E-state index contributed by atoms with van der Waals surface area (Å²) in [7, 11) is 1.78. The van der Waals surface area contributed by atoms with Gasteiger partial charge in [0, 0.05) is 26.0 Å². The van der Waals surface area contributed by atoms with Crippen LogP contribution in [0, 0.1) is 0 Å². The van der Waals surface area contributed by atoms with E-state index in [2.05, 4.69) is 68.5 Å². The molecular weight excluding hydrogens is 322 g/mol. The first kappa shape index (κ1) is 17.7. The highest BCUT2D eigenvalue weighted by Gasteiger charge is 2.09. The SMILES string of the molecule is CN=C(NCc1nccn1Cc1ccccc1)NC(C)c1ccccc1. The highest BCUT2D eigenvalue weighted by Crippen LogP contribution is 2.11. The predicted octanol–water partition coefficient (Wildman–Crippen LogP) is 3.36. The molecule has 0 amide bonds. The maximum Gasteiger partial charge on any atom is 0.191 e. The maximum atomic E-state index is 4.47. The van der Waals surface area contributed by atoms with Crippen molar-refractivity contribution in [3.63, 3.8) is 0 Å². The molecule has 0 spiro atoms. The minimum atomic E-state index is 0.173. The van der Waals surface area contributed by atoms with Gasteiger partial charge in [0.05, 0.1) is 12.6 Å². The lowest BCUT2D eigenvalue weighted by atomic mass is 10.1. The van der Waals surface area contributed by atoms with Crippen molar-refractivity contribution in [3.05, 3.63) is 90.0 Å². The molecule has 134 valence electrons. The van der Waals surface area contributed by atoms with E-state index in [0.717, 1.165) is 18.3 Å². The molecule has 0 aliphatic rings. The van der Waals surface area contributed by atoms with Crippen molar-refractivity contribution >= 4 is 5.96 Å². The molecule has 0 radical (unpaired) electrons. The van der Waals surface area contributed by atoms with Crippen LogP contribution in [0.25, 0.3) is 0 Å². The van der Waals surface area contributed by atoms with Gasteiger partial charge in [-0.1, -0.05) is 60.7 Å². The fraction of sp³-hybridized carbons (Fsp3) is 0.238. The molecule has 0 saturated heterocycles. The van der Waals surface area contributed by atoms with Crippen LogP contribution in [0.5, 0.6) is 0 Å². The molecule has 0 saturated carbocycles. The van der Waals surface area contributed by atoms with Gasteiger partial charge in [-0.05, 0) is 18.1 Å². The zero-order valence-electron chi connectivity index (χ0n) is 15.3. The van der Waals surface area contributed by atoms with Crippen LogP contribution in [0.2, 0.25) is 0 Å². The lowest BCUT2D eigenvalue weighted by Crippen LogP contribution is -2.38. The highest BCUT2D eigenvalue weighted by atomic mass is 15.2. The number of aromatic nitrogens is 2. The Bertz CT molecular complexity index is 824. The number of hydrogen-bond donors (Lipinski definition) is 2. The van der Waals surface area contributed by atoms with Crippen molar-refractivity contribution in [2.75, 3.05) is 7.05 Å². The van der Waals surface area contributed by atoms with Gasteiger partial charge >= 0.3 is 0 Å². The number of nitrogens with zero attached hydrogens (tertiary/aromatic N) is 3. The minimum Gasteiger partial charge on any atom is -0.350 e. The molecule has 1 heterocycles. The van der Waals surface area contributed by atoms with Crippen molar-refractivity contribution in [1.29, 1.82) is 0 Å². The second-order valence-electron chi connectivity index (χ2n) is 6.16. The van der Waals surface area contributed by atoms with Crippen molar-refractivity contribution in [3.8, 4) is 0 Å². The maximum absolute atomic E-state index is 4.47. The molecule has 1 aromatic heterocycles. The number of nitrogens with one attached hydrogen (secondary N) is 2. The first-order valence-electron chi connectivity index (χ1n) is 8.82. The van der Waals surface area contributed by atoms with Gasteiger partial charge in [-0.15, -0.1) is 0 Å². The second-order valence-corrected chi connectivity index (χ2v) is 6.16. The summed E-state index contributed by atoms with van der Waals surface area (Å²) in [5.74, 6) is 1.74. The fourth-order valence-corrected chi connectivity index (χ4v) is 2.82. The number of hydrogen-bond acceptors (Lipinski definition) is 2. The van der Waals surface area contributed by atoms with Crippen LogP contribution in [0.4, 0.5) is 0 Å². The van der Waals surface area contributed by atoms with Crippen LogP contribution < -0.4 is 10.6 Å². The monoisotopic (exact) mass is 347 g/mol. The zero-order valence-corrected chi connectivity index (χ0v) is 15.3. The molecule has 3 rings (SSSR count). The van der Waals surface area contributed by atoms with Crippen molar-refractivity contribution in [2.45, 2.75) is 26.1 Å². The second kappa shape index (κ2) is 8.85. The molecule has 0 aliphatic carbocycles. The largest absolute Gasteiger partial charge is 0.350 e. The molecule has 1 atom stereocenters. The molecule has 0 fully saturated rings. The zero-order chi connectivity index (χ0) is 18.2. The van der Waals surface area contributed by atoms with Gasteiger partial charge < -0.3 is 15.2 Å². The lowest BCUT2D eigenvalue weighted by molar-refractivity contribution is 0.658. The Kier molecular flexibility index (Phi) is 6.04. The Morgan fingerprint density at radius 2 is 1.77 bits per heavy atom. The Hall–Kier alpha value is -3.08. The molecule has 2 aromatic carbocycles. The summed E-state index contributed by atoms with van der Waals surface area (Å²) in [4.78, 5) is 8.80. The van der Waals surface area contributed by atoms with Crippen LogP contribution in [-0.4, -0.2) is 22.6 Å². The summed E-state index contributed by atoms with van der Waals surface area (Å²) in [5, 5.41) is 6.77. The van der Waals surface area contributed by atoms with Crippen LogP contribution in [0.1, 0.15) is 29.9 Å². The van der Waals surface area contributed by atoms with E-state index in [1.807, 2.05) is 36.7 Å². The first-order valence-corrected chi connectivity index (χ1v) is 8.82. The van der Waals surface area contributed by atoms with Gasteiger partial charge in [-0.25, -0.2) is 4.98 Å². The van der Waals surface area contributed by atoms with Gasteiger partial charge in [0.25, 0.3) is 0 Å². The predicted molar refractivity (Wildman–Crippen MR) is 106 cm³/mol. The summed E-state index contributed by atoms with van der Waals surface area (Å²) in [6.07, 6.45) is 3.84. The molecule has 0 aliphatic heterocycles. The first-order chi connectivity index (χ1) is 12.8. The average molecular weight is 347 g/mol. The van der Waals surface area contributed by atoms with E-state index in [1.54, 1.807) is 7.05 Å². The smallest absolute Gasteiger partial charge is 0.191 e. The summed E-state index contributed by atoms with van der Waals surface area (Å²) >= 11 is 0. The summed E-state index contributed by atoms with van der Waals surface area (Å²) in [6.45, 7) is 3.55. The Morgan fingerprint density at radius 3 is 2.46 bits per heavy atom. The third-order valence-electron chi connectivity index (χ3n) is 4.29. The number of imidazole rings is 1. The Labute approximate surface area is 154 Å². The summed E-state index contributed by atoms with van der Waals surface area (Å²) in [5.41, 5.74) is 2.48. The lowest BCUT2D eigenvalue weighted by Gasteiger charge is -2.18. The number of aliphatic imine (C=N–C) groups is 1. The van der Waals surface area contributed by atoms with Crippen LogP contribution >= 0.6 is 0 Å². The Morgan fingerprint density at radius 1 is 1.08 bits per heavy atom. The third kappa shape index (κ3) is 4.72. The summed E-state index contributed by atoms with van der Waals surface area (Å²) < 4.78 is 2.15. The molecule has 1 unspecified atom stereocenters. The van der Waals surface area contributed by atoms with Crippen molar-refractivity contribution in [2.24, 2.45) is 4.99 Å². The molecule has 5 heteroatoms. The quantitative estimate of drug-likeness (QED) is 0.531. The molecule has 5 nitrogen and oxygen atoms in total. The van der Waals surface area contributed by atoms with Gasteiger partial charge in [0.15, 0.2) is 5.96 Å². The van der Waals surface area contributed by atoms with E-state index in [4.69, 9.17) is 0 Å². The van der Waals surface area contributed by atoms with Gasteiger partial charge in [0.1, 0.15) is 5.82 Å². The molecule has 26 heavy (non-hydrogen) atoms. The van der Waals surface area contributed by atoms with Crippen LogP contribution in [0.15, 0.2) is 78.0 Å². The van der Waals surface area contributed by atoms with Gasteiger partial charge in [-0.2, -0.15) is 0 Å². The number of guanidine groups is 1. The van der Waals surface area contributed by atoms with Gasteiger partial charge in [0.2, 0.25) is 0 Å². The van der Waals surface area contributed by atoms with E-state index in [1.165, 1.54) is 11.1 Å². The topological polar surface area (TPSA) is 54.2 Å². The van der Waals surface area contributed by atoms with E-state index < -0.39 is 0 Å². The van der Waals surface area contributed by atoms with E-state index in [-0.39, 0.29) is 6.04 Å². The van der Waals surface area contributed by atoms with Crippen LogP contribution in [0.3, 0.4) is 0 Å². The fourth-order valence-electron chi connectivity index (χ4n) is 2.82. The van der Waals surface area contributed by atoms with Crippen LogP contribution in [-0.2, 0) is 13.1 Å². The van der Waals surface area contributed by atoms with E-state index in [0.29, 0.717) is 6.54 Å². The highest BCUT2D eigenvalue weighted by molar-refractivity contribution is 5.80. The third-order valence-corrected chi connectivity index (χ3v) is 4.29. The number of rotatable bonds is 6. The standard InChI is InChI=1S/C21H25N5/c1-17(19-11-7-4-8-12-19)25-21(22-2)24-15-20-23-13-14-26(20)16-18-9-5-3-6-10-18/h3-14,17H,15-16H2,1-2H3,(H2,22,24,25). The number of benzene rings is 2. The summed E-state index contributed by atoms with van der Waals surface area (Å²) in [6, 6.07) is 20.9. The normalized spacial score (nSPS) is 12.6. The molecule has 2 N–H and O–H groups in total. The molecule has 0 bridgehead atoms. The van der Waals surface area contributed by atoms with Crippen molar-refractivity contribution < 1.29 is 0 Å². The minimum absolute atomic E-state index is 0.173. The molecule has 3 aromatic rings. The molecular formula is C21H25N5. The van der Waals surface area contributed by atoms with Gasteiger partial charge in [-0.3, -0.25) is 4.99 Å². The van der Waals surface area contributed by atoms with Crippen molar-refractivity contribution in [1.82, 2.24) is 20.2 Å². The Balaban J connectivity index is 1.59. The van der Waals surface area contributed by atoms with E-state index >= 15 is 0 Å². The van der Waals surface area contributed by atoms with E-state index in [9.17, 15) is 0 Å².